The van der Waals surface area contributed by atoms with E-state index in [1.54, 1.807) is 30.3 Å². The molecule has 40 heavy (non-hydrogen) atoms. The van der Waals surface area contributed by atoms with Crippen molar-refractivity contribution in [3.63, 3.8) is 0 Å². The fraction of sp³-hybridized carbons (Fsp3) is 0.323. The monoisotopic (exact) mass is 547 g/mol. The number of carbonyl (C=O) groups is 3. The summed E-state index contributed by atoms with van der Waals surface area (Å²) >= 11 is 0. The fourth-order valence-corrected chi connectivity index (χ4v) is 4.44. The second-order valence-corrected chi connectivity index (χ2v) is 9.60. The molecule has 0 spiro atoms. The molecule has 212 valence electrons. The topological polar surface area (TPSA) is 142 Å². The second-order valence-electron chi connectivity index (χ2n) is 9.60. The Morgan fingerprint density at radius 3 is 2.15 bits per heavy atom. The number of amides is 3. The van der Waals surface area contributed by atoms with Gasteiger partial charge in [-0.3, -0.25) is 24.5 Å². The molecule has 0 aliphatic heterocycles. The molecular weight excluding hydrogens is 510 g/mol. The van der Waals surface area contributed by atoms with Crippen molar-refractivity contribution in [2.24, 2.45) is 5.73 Å². The van der Waals surface area contributed by atoms with Crippen molar-refractivity contribution in [2.75, 3.05) is 6.61 Å². The third-order valence-electron chi connectivity index (χ3n) is 6.65. The maximum Gasteiger partial charge on any atom is 0.257 e. The van der Waals surface area contributed by atoms with Crippen LogP contribution in [0, 0.1) is 0 Å². The average molecular weight is 548 g/mol. The molecule has 3 aromatic rings. The standard InChI is InChI=1S/C30H34N2O4.CH3NO2/c1-2-3-4-10-21-36-26-14-9-8-13-25(26)27(28(31)33)32(30(35)19-20-30)29(34)24-17-15-23(16-18-24)22-11-6-5-7-12-22;3-1-2-4/h5-9,11-18,27,35H,2-4,10,19-21H2,1H3,(H2,31,33);1,4H,(H,2,3). The molecule has 9 nitrogen and oxygen atoms in total. The van der Waals surface area contributed by atoms with E-state index in [9.17, 15) is 14.7 Å². The van der Waals surface area contributed by atoms with Gasteiger partial charge < -0.3 is 15.6 Å². The lowest BCUT2D eigenvalue weighted by atomic mass is 10.00. The van der Waals surface area contributed by atoms with Crippen LogP contribution in [0.4, 0.5) is 0 Å². The van der Waals surface area contributed by atoms with E-state index in [0.717, 1.165) is 36.8 Å². The Bertz CT molecular complexity index is 1250. The minimum atomic E-state index is -1.43. The highest BCUT2D eigenvalue weighted by Crippen LogP contribution is 2.46. The number of aliphatic hydroxyl groups is 1. The lowest BCUT2D eigenvalue weighted by molar-refractivity contribution is -0.128. The molecule has 0 radical (unpaired) electrons. The number of nitrogens with one attached hydrogen (secondary N) is 1. The van der Waals surface area contributed by atoms with Gasteiger partial charge in [-0.05, 0) is 48.6 Å². The van der Waals surface area contributed by atoms with Crippen molar-refractivity contribution in [1.29, 1.82) is 0 Å². The van der Waals surface area contributed by atoms with Crippen LogP contribution in [0.5, 0.6) is 5.75 Å². The van der Waals surface area contributed by atoms with Gasteiger partial charge in [0.15, 0.2) is 0 Å². The summed E-state index contributed by atoms with van der Waals surface area (Å²) in [4.78, 5) is 36.6. The maximum atomic E-state index is 13.8. The van der Waals surface area contributed by atoms with Crippen molar-refractivity contribution in [3.8, 4) is 16.9 Å². The van der Waals surface area contributed by atoms with Crippen molar-refractivity contribution in [1.82, 2.24) is 10.4 Å². The number of primary amides is 1. The van der Waals surface area contributed by atoms with Gasteiger partial charge in [0.2, 0.25) is 12.3 Å². The predicted octanol–water partition coefficient (Wildman–Crippen LogP) is 4.59. The minimum absolute atomic E-state index is 0.181. The van der Waals surface area contributed by atoms with Crippen LogP contribution in [-0.4, -0.2) is 45.8 Å². The lowest BCUT2D eigenvalue weighted by Gasteiger charge is -2.35. The summed E-state index contributed by atoms with van der Waals surface area (Å²) in [5, 5.41) is 18.4. The molecule has 3 aromatic carbocycles. The number of nitrogens with two attached hydrogens (primary N) is 1. The van der Waals surface area contributed by atoms with Gasteiger partial charge in [0, 0.05) is 11.1 Å². The van der Waals surface area contributed by atoms with E-state index in [2.05, 4.69) is 6.92 Å². The number of ether oxygens (including phenoxy) is 1. The average Bonchev–Trinajstić information content (AvgIpc) is 3.73. The molecular formula is C31H37N3O6. The third kappa shape index (κ3) is 7.91. The molecule has 0 saturated heterocycles. The van der Waals surface area contributed by atoms with Crippen LogP contribution < -0.4 is 16.0 Å². The van der Waals surface area contributed by atoms with E-state index < -0.39 is 23.6 Å². The zero-order valence-corrected chi connectivity index (χ0v) is 22.7. The van der Waals surface area contributed by atoms with E-state index in [-0.39, 0.29) is 6.41 Å². The van der Waals surface area contributed by atoms with Gasteiger partial charge in [0.25, 0.3) is 5.91 Å². The van der Waals surface area contributed by atoms with Crippen LogP contribution in [-0.2, 0) is 9.59 Å². The Hall–Kier alpha value is -4.21. The van der Waals surface area contributed by atoms with Crippen LogP contribution in [0.15, 0.2) is 78.9 Å². The Morgan fingerprint density at radius 2 is 1.57 bits per heavy atom. The van der Waals surface area contributed by atoms with E-state index in [4.69, 9.17) is 20.5 Å². The number of unbranched alkanes of at least 4 members (excludes halogenated alkanes) is 3. The Balaban J connectivity index is 0.00000103. The van der Waals surface area contributed by atoms with Crippen molar-refractivity contribution in [3.05, 3.63) is 90.0 Å². The number of carbonyl (C=O) groups excluding carboxylic acids is 3. The Labute approximate surface area is 234 Å². The third-order valence-corrected chi connectivity index (χ3v) is 6.65. The van der Waals surface area contributed by atoms with Crippen LogP contribution in [0.3, 0.4) is 0 Å². The van der Waals surface area contributed by atoms with Gasteiger partial charge in [-0.25, -0.2) is 5.48 Å². The number of hydrogen-bond donors (Lipinski definition) is 4. The molecule has 1 saturated carbocycles. The van der Waals surface area contributed by atoms with Gasteiger partial charge in [-0.1, -0.05) is 86.8 Å². The van der Waals surface area contributed by atoms with E-state index in [1.165, 1.54) is 10.4 Å². The molecule has 1 aliphatic carbocycles. The molecule has 5 N–H and O–H groups in total. The van der Waals surface area contributed by atoms with Crippen molar-refractivity contribution in [2.45, 2.75) is 57.2 Å². The predicted molar refractivity (Wildman–Crippen MR) is 151 cm³/mol. The normalized spacial score (nSPS) is 13.7. The molecule has 0 heterocycles. The van der Waals surface area contributed by atoms with Gasteiger partial charge in [-0.2, -0.15) is 0 Å². The largest absolute Gasteiger partial charge is 0.493 e. The Morgan fingerprint density at radius 1 is 0.975 bits per heavy atom. The number of nitrogens with zero attached hydrogens (tertiary/aromatic N) is 1. The first-order valence-electron chi connectivity index (χ1n) is 13.4. The zero-order chi connectivity index (χ0) is 29.0. The summed E-state index contributed by atoms with van der Waals surface area (Å²) in [5.41, 5.74) is 8.56. The SMILES string of the molecule is CCCCCCOc1ccccc1C(C(N)=O)N(C(=O)c1ccc(-c2ccccc2)cc1)C1(O)CC1.O=CNO. The molecule has 0 aromatic heterocycles. The highest BCUT2D eigenvalue weighted by Gasteiger charge is 2.53. The summed E-state index contributed by atoms with van der Waals surface area (Å²) in [6.45, 7) is 2.65. The number of benzene rings is 3. The van der Waals surface area contributed by atoms with Crippen LogP contribution in [0.25, 0.3) is 11.1 Å². The van der Waals surface area contributed by atoms with E-state index >= 15 is 0 Å². The van der Waals surface area contributed by atoms with Crippen LogP contribution in [0.1, 0.15) is 67.4 Å². The Kier molecular flexibility index (Phi) is 11.2. The van der Waals surface area contributed by atoms with E-state index in [0.29, 0.717) is 36.3 Å². The maximum absolute atomic E-state index is 13.8. The van der Waals surface area contributed by atoms with Crippen molar-refractivity contribution < 1.29 is 29.4 Å². The van der Waals surface area contributed by atoms with Gasteiger partial charge in [-0.15, -0.1) is 0 Å². The molecule has 1 unspecified atom stereocenters. The first kappa shape index (κ1) is 30.3. The number of rotatable bonds is 13. The first-order valence-corrected chi connectivity index (χ1v) is 13.4. The second kappa shape index (κ2) is 14.8. The lowest BCUT2D eigenvalue weighted by Crippen LogP contribution is -2.49. The van der Waals surface area contributed by atoms with E-state index in [1.807, 2.05) is 48.5 Å². The number of hydroxylamine groups is 1. The van der Waals surface area contributed by atoms with Crippen molar-refractivity contribution >= 4 is 18.2 Å². The first-order chi connectivity index (χ1) is 19.4. The summed E-state index contributed by atoms with van der Waals surface area (Å²) in [6.07, 6.45) is 5.15. The van der Waals surface area contributed by atoms with Crippen LogP contribution in [0.2, 0.25) is 0 Å². The minimum Gasteiger partial charge on any atom is -0.493 e. The molecule has 1 atom stereocenters. The molecule has 0 bridgehead atoms. The number of hydrogen-bond acceptors (Lipinski definition) is 6. The summed E-state index contributed by atoms with van der Waals surface area (Å²) < 4.78 is 6.02. The smallest absolute Gasteiger partial charge is 0.257 e. The highest BCUT2D eigenvalue weighted by atomic mass is 16.5. The molecule has 1 fully saturated rings. The molecule has 3 amide bonds. The quantitative estimate of drug-likeness (QED) is 0.0811. The molecule has 4 rings (SSSR count). The zero-order valence-electron chi connectivity index (χ0n) is 22.7. The highest BCUT2D eigenvalue weighted by molar-refractivity contribution is 5.99. The van der Waals surface area contributed by atoms with Gasteiger partial charge in [0.05, 0.1) is 6.61 Å². The fourth-order valence-electron chi connectivity index (χ4n) is 4.44. The van der Waals surface area contributed by atoms with Crippen LogP contribution >= 0.6 is 0 Å². The summed E-state index contributed by atoms with van der Waals surface area (Å²) in [6, 6.07) is 23.0. The summed E-state index contributed by atoms with van der Waals surface area (Å²) in [7, 11) is 0. The van der Waals surface area contributed by atoms with Gasteiger partial charge >= 0.3 is 0 Å². The summed E-state index contributed by atoms with van der Waals surface area (Å²) in [5.74, 6) is -0.665. The molecule has 1 aliphatic rings. The molecule has 9 heteroatoms. The van der Waals surface area contributed by atoms with Gasteiger partial charge in [0.1, 0.15) is 17.5 Å². The number of para-hydroxylation sites is 1.